The maximum atomic E-state index is 12.0. The monoisotopic (exact) mass is 332 g/mol. The zero-order valence-corrected chi connectivity index (χ0v) is 14.1. The minimum atomic E-state index is -0.997. The Bertz CT molecular complexity index is 941. The standard InChI is InChI=1S/C22H20O3/c1-14-10-13-20(18-8-4-2-6-16(14)18)25-21(22(23)24)19-9-5-3-7-17(19)15-11-12-15/h2-10,13,15,21H,11-12H2,1H3,(H,23,24). The molecule has 3 aromatic carbocycles. The highest BCUT2D eigenvalue weighted by Gasteiger charge is 2.32. The summed E-state index contributed by atoms with van der Waals surface area (Å²) < 4.78 is 6.05. The normalized spacial score (nSPS) is 15.1. The first-order chi connectivity index (χ1) is 12.1. The summed E-state index contributed by atoms with van der Waals surface area (Å²) in [6, 6.07) is 19.5. The van der Waals surface area contributed by atoms with E-state index < -0.39 is 12.1 Å². The van der Waals surface area contributed by atoms with Gasteiger partial charge in [-0.2, -0.15) is 0 Å². The third-order valence-corrected chi connectivity index (χ3v) is 4.87. The van der Waals surface area contributed by atoms with Gasteiger partial charge in [-0.3, -0.25) is 0 Å². The van der Waals surface area contributed by atoms with Gasteiger partial charge in [-0.25, -0.2) is 4.79 Å². The Morgan fingerprint density at radius 3 is 2.40 bits per heavy atom. The van der Waals surface area contributed by atoms with Crippen molar-refractivity contribution >= 4 is 16.7 Å². The molecular weight excluding hydrogens is 312 g/mol. The van der Waals surface area contributed by atoms with Gasteiger partial charge in [0.2, 0.25) is 6.10 Å². The fourth-order valence-electron chi connectivity index (χ4n) is 3.41. The Morgan fingerprint density at radius 1 is 1.00 bits per heavy atom. The SMILES string of the molecule is Cc1ccc(OC(C(=O)O)c2ccccc2C2CC2)c2ccccc12. The number of carboxylic acid groups (broad SMARTS) is 1. The first-order valence-electron chi connectivity index (χ1n) is 8.62. The predicted octanol–water partition coefficient (Wildman–Crippen LogP) is 5.23. The summed E-state index contributed by atoms with van der Waals surface area (Å²) in [5.74, 6) is 0.119. The lowest BCUT2D eigenvalue weighted by Gasteiger charge is -2.20. The number of aryl methyl sites for hydroxylation is 1. The van der Waals surface area contributed by atoms with Gasteiger partial charge < -0.3 is 9.84 Å². The summed E-state index contributed by atoms with van der Waals surface area (Å²) in [5.41, 5.74) is 3.02. The summed E-state index contributed by atoms with van der Waals surface area (Å²) in [4.78, 5) is 12.0. The Morgan fingerprint density at radius 2 is 1.68 bits per heavy atom. The summed E-state index contributed by atoms with van der Waals surface area (Å²) in [7, 11) is 0. The van der Waals surface area contributed by atoms with Crippen molar-refractivity contribution in [2.45, 2.75) is 31.8 Å². The van der Waals surface area contributed by atoms with E-state index in [-0.39, 0.29) is 0 Å². The molecule has 0 spiro atoms. The van der Waals surface area contributed by atoms with Crippen molar-refractivity contribution in [2.24, 2.45) is 0 Å². The van der Waals surface area contributed by atoms with Crippen LogP contribution in [0.25, 0.3) is 10.8 Å². The zero-order chi connectivity index (χ0) is 17.4. The number of hydrogen-bond acceptors (Lipinski definition) is 2. The molecule has 0 radical (unpaired) electrons. The van der Waals surface area contributed by atoms with Crippen molar-refractivity contribution in [3.05, 3.63) is 77.4 Å². The topological polar surface area (TPSA) is 46.5 Å². The third kappa shape index (κ3) is 2.98. The van der Waals surface area contributed by atoms with Gasteiger partial charge >= 0.3 is 5.97 Å². The van der Waals surface area contributed by atoms with Crippen LogP contribution in [-0.2, 0) is 4.79 Å². The highest BCUT2D eigenvalue weighted by Crippen LogP contribution is 2.44. The van der Waals surface area contributed by atoms with Crippen molar-refractivity contribution in [3.8, 4) is 5.75 Å². The van der Waals surface area contributed by atoms with Crippen molar-refractivity contribution in [1.29, 1.82) is 0 Å². The van der Waals surface area contributed by atoms with Crippen molar-refractivity contribution in [3.63, 3.8) is 0 Å². The summed E-state index contributed by atoms with van der Waals surface area (Å²) in [5, 5.41) is 11.8. The van der Waals surface area contributed by atoms with E-state index in [1.807, 2.05) is 67.6 Å². The van der Waals surface area contributed by atoms with E-state index >= 15 is 0 Å². The minimum Gasteiger partial charge on any atom is -0.478 e. The van der Waals surface area contributed by atoms with E-state index in [0.717, 1.165) is 40.3 Å². The van der Waals surface area contributed by atoms with Crippen LogP contribution in [0.5, 0.6) is 5.75 Å². The van der Waals surface area contributed by atoms with Crippen molar-refractivity contribution in [1.82, 2.24) is 0 Å². The molecule has 25 heavy (non-hydrogen) atoms. The number of hydrogen-bond donors (Lipinski definition) is 1. The number of aliphatic carboxylic acids is 1. The second-order valence-electron chi connectivity index (χ2n) is 6.67. The van der Waals surface area contributed by atoms with Crippen LogP contribution in [0.2, 0.25) is 0 Å². The number of rotatable bonds is 5. The van der Waals surface area contributed by atoms with Crippen LogP contribution in [0.3, 0.4) is 0 Å². The minimum absolute atomic E-state index is 0.469. The molecule has 1 unspecified atom stereocenters. The first-order valence-corrected chi connectivity index (χ1v) is 8.62. The molecule has 126 valence electrons. The lowest BCUT2D eigenvalue weighted by Crippen LogP contribution is -2.19. The second-order valence-corrected chi connectivity index (χ2v) is 6.67. The Labute approximate surface area is 146 Å². The van der Waals surface area contributed by atoms with Gasteiger partial charge in [0.25, 0.3) is 0 Å². The molecule has 4 rings (SSSR count). The lowest BCUT2D eigenvalue weighted by molar-refractivity contribution is -0.145. The van der Waals surface area contributed by atoms with E-state index in [2.05, 4.69) is 0 Å². The molecule has 1 aliphatic rings. The predicted molar refractivity (Wildman–Crippen MR) is 98.1 cm³/mol. The molecule has 1 N–H and O–H groups in total. The van der Waals surface area contributed by atoms with Gasteiger partial charge in [0.05, 0.1) is 0 Å². The average Bonchev–Trinajstić information content (AvgIpc) is 3.46. The fraction of sp³-hybridized carbons (Fsp3) is 0.227. The van der Waals surface area contributed by atoms with Gasteiger partial charge in [0.1, 0.15) is 5.75 Å². The quantitative estimate of drug-likeness (QED) is 0.696. The highest BCUT2D eigenvalue weighted by molar-refractivity contribution is 5.91. The Hall–Kier alpha value is -2.81. The molecule has 0 amide bonds. The second kappa shape index (κ2) is 6.25. The van der Waals surface area contributed by atoms with Gasteiger partial charge in [-0.1, -0.05) is 54.6 Å². The van der Waals surface area contributed by atoms with E-state index in [9.17, 15) is 9.90 Å². The molecule has 1 aliphatic carbocycles. The maximum Gasteiger partial charge on any atom is 0.349 e. The molecule has 0 aliphatic heterocycles. The van der Waals surface area contributed by atoms with Gasteiger partial charge in [-0.05, 0) is 48.3 Å². The number of benzene rings is 3. The summed E-state index contributed by atoms with van der Waals surface area (Å²) in [6.45, 7) is 2.04. The van der Waals surface area contributed by atoms with E-state index in [4.69, 9.17) is 4.74 Å². The molecule has 1 fully saturated rings. The van der Waals surface area contributed by atoms with Gasteiger partial charge in [-0.15, -0.1) is 0 Å². The van der Waals surface area contributed by atoms with Crippen LogP contribution in [0.15, 0.2) is 60.7 Å². The van der Waals surface area contributed by atoms with Gasteiger partial charge in [0.15, 0.2) is 0 Å². The smallest absolute Gasteiger partial charge is 0.349 e. The number of fused-ring (bicyclic) bond motifs is 1. The Balaban J connectivity index is 1.78. The maximum absolute atomic E-state index is 12.0. The molecule has 0 bridgehead atoms. The summed E-state index contributed by atoms with van der Waals surface area (Å²) in [6.07, 6.45) is 1.25. The molecule has 1 saturated carbocycles. The van der Waals surface area contributed by atoms with Crippen LogP contribution in [0, 0.1) is 6.92 Å². The largest absolute Gasteiger partial charge is 0.478 e. The fourth-order valence-corrected chi connectivity index (χ4v) is 3.41. The molecule has 1 atom stereocenters. The van der Waals surface area contributed by atoms with E-state index in [1.54, 1.807) is 0 Å². The van der Waals surface area contributed by atoms with E-state index in [1.165, 1.54) is 0 Å². The molecule has 0 saturated heterocycles. The van der Waals surface area contributed by atoms with Crippen LogP contribution >= 0.6 is 0 Å². The number of carboxylic acids is 1. The molecule has 3 heteroatoms. The molecule has 3 nitrogen and oxygen atoms in total. The molecule has 0 aromatic heterocycles. The van der Waals surface area contributed by atoms with Crippen molar-refractivity contribution in [2.75, 3.05) is 0 Å². The number of carbonyl (C=O) groups is 1. The van der Waals surface area contributed by atoms with Crippen LogP contribution < -0.4 is 4.74 Å². The number of ether oxygens (including phenoxy) is 1. The first kappa shape index (κ1) is 15.7. The average molecular weight is 332 g/mol. The third-order valence-electron chi connectivity index (χ3n) is 4.87. The zero-order valence-electron chi connectivity index (χ0n) is 14.1. The van der Waals surface area contributed by atoms with E-state index in [0.29, 0.717) is 11.7 Å². The molecular formula is C22H20O3. The van der Waals surface area contributed by atoms with Crippen LogP contribution in [0.4, 0.5) is 0 Å². The highest BCUT2D eigenvalue weighted by atomic mass is 16.5. The summed E-state index contributed by atoms with van der Waals surface area (Å²) >= 11 is 0. The van der Waals surface area contributed by atoms with Crippen molar-refractivity contribution < 1.29 is 14.6 Å². The lowest BCUT2D eigenvalue weighted by atomic mass is 9.98. The van der Waals surface area contributed by atoms with Crippen LogP contribution in [0.1, 0.15) is 41.6 Å². The molecule has 0 heterocycles. The van der Waals surface area contributed by atoms with Gasteiger partial charge in [0, 0.05) is 10.9 Å². The Kier molecular flexibility index (Phi) is 3.92. The van der Waals surface area contributed by atoms with Crippen LogP contribution in [-0.4, -0.2) is 11.1 Å². The molecule has 3 aromatic rings.